The van der Waals surface area contributed by atoms with Crippen molar-refractivity contribution >= 4 is 34.9 Å². The molecule has 2 unspecified atom stereocenters. The molecule has 0 aromatic carbocycles. The zero-order valence-corrected chi connectivity index (χ0v) is 15.7. The van der Waals surface area contributed by atoms with Gasteiger partial charge in [0.15, 0.2) is 0 Å². The molecule has 0 spiro atoms. The first-order valence-corrected chi connectivity index (χ1v) is 10.2. The largest absolute Gasteiger partial charge is 0.354 e. The molecule has 0 aliphatic carbocycles. The molecule has 4 nitrogen and oxygen atoms in total. The van der Waals surface area contributed by atoms with E-state index in [1.165, 1.54) is 11.3 Å². The van der Waals surface area contributed by atoms with Gasteiger partial charge in [-0.05, 0) is 30.2 Å². The van der Waals surface area contributed by atoms with Crippen molar-refractivity contribution in [2.45, 2.75) is 51.4 Å². The fraction of sp³-hybridized carbons (Fsp3) is 0.647. The minimum atomic E-state index is -0.349. The molecule has 23 heavy (non-hydrogen) atoms. The lowest BCUT2D eigenvalue weighted by Gasteiger charge is -2.28. The lowest BCUT2D eigenvalue weighted by molar-refractivity contribution is -0.124. The molecular weight excluding hydrogens is 328 g/mol. The first-order chi connectivity index (χ1) is 11.0. The van der Waals surface area contributed by atoms with Crippen LogP contribution in [-0.2, 0) is 4.79 Å². The van der Waals surface area contributed by atoms with Gasteiger partial charge in [-0.3, -0.25) is 9.59 Å². The molecule has 1 aromatic rings. The van der Waals surface area contributed by atoms with Crippen molar-refractivity contribution in [3.05, 3.63) is 22.4 Å². The van der Waals surface area contributed by atoms with Crippen LogP contribution in [0.15, 0.2) is 17.5 Å². The summed E-state index contributed by atoms with van der Waals surface area (Å²) >= 11 is 3.17. The number of thioether (sulfide) groups is 1. The number of carbonyl (C=O) groups excluding carboxylic acids is 2. The normalized spacial score (nSPS) is 21.0. The minimum Gasteiger partial charge on any atom is -0.354 e. The average molecular weight is 355 g/mol. The summed E-state index contributed by atoms with van der Waals surface area (Å²) in [5.41, 5.74) is 0. The maximum Gasteiger partial charge on any atom is 0.265 e. The molecule has 0 bridgehead atoms. The number of thiophene rings is 1. The fourth-order valence-electron chi connectivity index (χ4n) is 2.64. The predicted molar refractivity (Wildman–Crippen MR) is 97.9 cm³/mol. The molecule has 1 aliphatic rings. The first kappa shape index (κ1) is 18.3. The minimum absolute atomic E-state index is 0.00698. The Morgan fingerprint density at radius 3 is 2.83 bits per heavy atom. The molecule has 2 heterocycles. The van der Waals surface area contributed by atoms with E-state index in [9.17, 15) is 9.59 Å². The van der Waals surface area contributed by atoms with Gasteiger partial charge < -0.3 is 10.2 Å². The Bertz CT molecular complexity index is 517. The number of hydrogen-bond donors (Lipinski definition) is 1. The summed E-state index contributed by atoms with van der Waals surface area (Å²) in [4.78, 5) is 27.9. The van der Waals surface area contributed by atoms with E-state index in [2.05, 4.69) is 26.1 Å². The molecule has 1 fully saturated rings. The number of nitrogens with one attached hydrogen (secondary N) is 1. The SMILES string of the molecule is CCCC1SCC(C(=O)NCCC(C)C)N1C(=O)c1cccs1. The van der Waals surface area contributed by atoms with Gasteiger partial charge in [-0.15, -0.1) is 23.1 Å². The van der Waals surface area contributed by atoms with Gasteiger partial charge in [-0.25, -0.2) is 0 Å². The van der Waals surface area contributed by atoms with Crippen molar-refractivity contribution < 1.29 is 9.59 Å². The molecule has 0 saturated carbocycles. The van der Waals surface area contributed by atoms with Crippen LogP contribution in [0.1, 0.15) is 49.7 Å². The molecular formula is C17H26N2O2S2. The van der Waals surface area contributed by atoms with Gasteiger partial charge in [0, 0.05) is 12.3 Å². The van der Waals surface area contributed by atoms with Crippen LogP contribution in [0, 0.1) is 5.92 Å². The Hall–Kier alpha value is -1.01. The van der Waals surface area contributed by atoms with E-state index < -0.39 is 0 Å². The summed E-state index contributed by atoms with van der Waals surface area (Å²) in [6.07, 6.45) is 2.90. The van der Waals surface area contributed by atoms with Crippen LogP contribution in [0.3, 0.4) is 0 Å². The van der Waals surface area contributed by atoms with Crippen LogP contribution in [0.2, 0.25) is 0 Å². The third-order valence-corrected chi connectivity index (χ3v) is 6.13. The van der Waals surface area contributed by atoms with Crippen LogP contribution in [0.4, 0.5) is 0 Å². The van der Waals surface area contributed by atoms with Crippen LogP contribution in [0.5, 0.6) is 0 Å². The lowest BCUT2D eigenvalue weighted by atomic mass is 10.1. The third kappa shape index (κ3) is 4.73. The van der Waals surface area contributed by atoms with E-state index in [1.807, 2.05) is 22.4 Å². The van der Waals surface area contributed by atoms with E-state index in [0.29, 0.717) is 23.1 Å². The standard InChI is InChI=1S/C17H26N2O2S2/c1-4-6-15-19(17(21)14-7-5-10-22-14)13(11-23-15)16(20)18-9-8-12(2)3/h5,7,10,12-13,15H,4,6,8-9,11H2,1-3H3,(H,18,20). The van der Waals surface area contributed by atoms with Crippen molar-refractivity contribution in [2.24, 2.45) is 5.92 Å². The van der Waals surface area contributed by atoms with Crippen LogP contribution in [-0.4, -0.2) is 40.4 Å². The number of rotatable bonds is 7. The zero-order chi connectivity index (χ0) is 16.8. The summed E-state index contributed by atoms with van der Waals surface area (Å²) in [5.74, 6) is 1.23. The fourth-order valence-corrected chi connectivity index (χ4v) is 4.83. The van der Waals surface area contributed by atoms with Crippen molar-refractivity contribution in [1.82, 2.24) is 10.2 Å². The molecule has 6 heteroatoms. The quantitative estimate of drug-likeness (QED) is 0.814. The third-order valence-electron chi connectivity index (χ3n) is 3.92. The predicted octanol–water partition coefficient (Wildman–Crippen LogP) is 3.59. The van der Waals surface area contributed by atoms with Crippen molar-refractivity contribution in [3.8, 4) is 0 Å². The molecule has 2 atom stereocenters. The maximum absolute atomic E-state index is 12.8. The second kappa shape index (κ2) is 8.73. The van der Waals surface area contributed by atoms with Gasteiger partial charge in [0.25, 0.3) is 5.91 Å². The molecule has 2 amide bonds. The number of hydrogen-bond acceptors (Lipinski definition) is 4. The smallest absolute Gasteiger partial charge is 0.265 e. The van der Waals surface area contributed by atoms with E-state index in [1.54, 1.807) is 11.8 Å². The van der Waals surface area contributed by atoms with Gasteiger partial charge in [-0.1, -0.05) is 33.3 Å². The van der Waals surface area contributed by atoms with Gasteiger partial charge in [0.2, 0.25) is 5.91 Å². The molecule has 1 N–H and O–H groups in total. The lowest BCUT2D eigenvalue weighted by Crippen LogP contribution is -2.49. The van der Waals surface area contributed by atoms with Gasteiger partial charge in [0.1, 0.15) is 6.04 Å². The zero-order valence-electron chi connectivity index (χ0n) is 14.1. The molecule has 1 saturated heterocycles. The molecule has 0 radical (unpaired) electrons. The Labute approximate surface area is 147 Å². The first-order valence-electron chi connectivity index (χ1n) is 8.30. The number of nitrogens with zero attached hydrogens (tertiary/aromatic N) is 1. The summed E-state index contributed by atoms with van der Waals surface area (Å²) < 4.78 is 0. The van der Waals surface area contributed by atoms with Gasteiger partial charge in [0.05, 0.1) is 10.3 Å². The van der Waals surface area contributed by atoms with Gasteiger partial charge >= 0.3 is 0 Å². The van der Waals surface area contributed by atoms with Crippen molar-refractivity contribution in [2.75, 3.05) is 12.3 Å². The molecule has 128 valence electrons. The highest BCUT2D eigenvalue weighted by Crippen LogP contribution is 2.34. The second-order valence-electron chi connectivity index (χ2n) is 6.26. The molecule has 2 rings (SSSR count). The van der Waals surface area contributed by atoms with E-state index in [4.69, 9.17) is 0 Å². The highest BCUT2D eigenvalue weighted by Gasteiger charge is 2.41. The Balaban J connectivity index is 2.07. The van der Waals surface area contributed by atoms with Crippen LogP contribution < -0.4 is 5.32 Å². The van der Waals surface area contributed by atoms with Crippen LogP contribution >= 0.6 is 23.1 Å². The topological polar surface area (TPSA) is 49.4 Å². The Morgan fingerprint density at radius 1 is 1.43 bits per heavy atom. The Kier molecular flexibility index (Phi) is 6.96. The van der Waals surface area contributed by atoms with E-state index in [-0.39, 0.29) is 23.2 Å². The highest BCUT2D eigenvalue weighted by molar-refractivity contribution is 8.00. The average Bonchev–Trinajstić information content (AvgIpc) is 3.16. The molecule has 1 aromatic heterocycles. The number of amides is 2. The highest BCUT2D eigenvalue weighted by atomic mass is 32.2. The van der Waals surface area contributed by atoms with Crippen molar-refractivity contribution in [1.29, 1.82) is 0 Å². The monoisotopic (exact) mass is 354 g/mol. The van der Waals surface area contributed by atoms with Crippen molar-refractivity contribution in [3.63, 3.8) is 0 Å². The second-order valence-corrected chi connectivity index (χ2v) is 8.41. The van der Waals surface area contributed by atoms with E-state index in [0.717, 1.165) is 19.3 Å². The Morgan fingerprint density at radius 2 is 2.22 bits per heavy atom. The summed E-state index contributed by atoms with van der Waals surface area (Å²) in [7, 11) is 0. The summed E-state index contributed by atoms with van der Waals surface area (Å²) in [6, 6.07) is 3.37. The summed E-state index contributed by atoms with van der Waals surface area (Å²) in [6.45, 7) is 7.07. The van der Waals surface area contributed by atoms with Gasteiger partial charge in [-0.2, -0.15) is 0 Å². The van der Waals surface area contributed by atoms with Crippen LogP contribution in [0.25, 0.3) is 0 Å². The molecule has 1 aliphatic heterocycles. The number of carbonyl (C=O) groups is 2. The summed E-state index contributed by atoms with van der Waals surface area (Å²) in [5, 5.41) is 5.02. The maximum atomic E-state index is 12.8. The van der Waals surface area contributed by atoms with E-state index >= 15 is 0 Å².